The van der Waals surface area contributed by atoms with Crippen molar-refractivity contribution in [1.82, 2.24) is 0 Å². The highest BCUT2D eigenvalue weighted by Gasteiger charge is 2.04. The number of hydrogen-bond donors (Lipinski definition) is 1. The minimum Gasteiger partial charge on any atom is -0.494 e. The fourth-order valence-corrected chi connectivity index (χ4v) is 1.41. The average molecular weight is 228 g/mol. The SMILES string of the molecule is CCOc1cc(N)cc(CC(=O)CCl)c1. The van der Waals surface area contributed by atoms with Gasteiger partial charge in [-0.05, 0) is 24.6 Å². The molecule has 4 heteroatoms. The predicted molar refractivity (Wildman–Crippen MR) is 61.5 cm³/mol. The van der Waals surface area contributed by atoms with Gasteiger partial charge < -0.3 is 10.5 Å². The van der Waals surface area contributed by atoms with Crippen LogP contribution in [0.5, 0.6) is 5.75 Å². The number of alkyl halides is 1. The first kappa shape index (κ1) is 11.9. The molecule has 0 aliphatic carbocycles. The van der Waals surface area contributed by atoms with Gasteiger partial charge in [0.05, 0.1) is 12.5 Å². The Bertz CT molecular complexity index is 352. The topological polar surface area (TPSA) is 52.3 Å². The number of ketones is 1. The Kier molecular flexibility index (Phi) is 4.43. The maximum absolute atomic E-state index is 11.1. The van der Waals surface area contributed by atoms with Gasteiger partial charge >= 0.3 is 0 Å². The minimum atomic E-state index is -0.0234. The molecule has 0 aromatic heterocycles. The molecule has 0 amide bonds. The molecular formula is C11H14ClNO2. The summed E-state index contributed by atoms with van der Waals surface area (Å²) < 4.78 is 5.32. The minimum absolute atomic E-state index is 0.0234. The Hall–Kier alpha value is -1.22. The maximum Gasteiger partial charge on any atom is 0.151 e. The van der Waals surface area contributed by atoms with E-state index in [9.17, 15) is 4.79 Å². The Labute approximate surface area is 94.2 Å². The second-order valence-electron chi connectivity index (χ2n) is 3.19. The zero-order valence-electron chi connectivity index (χ0n) is 8.63. The summed E-state index contributed by atoms with van der Waals surface area (Å²) in [5.74, 6) is 0.693. The summed E-state index contributed by atoms with van der Waals surface area (Å²) in [4.78, 5) is 11.1. The van der Waals surface area contributed by atoms with Crippen molar-refractivity contribution in [3.63, 3.8) is 0 Å². The summed E-state index contributed by atoms with van der Waals surface area (Å²) in [7, 11) is 0. The molecule has 0 heterocycles. The number of ether oxygens (including phenoxy) is 1. The smallest absolute Gasteiger partial charge is 0.151 e. The van der Waals surface area contributed by atoms with E-state index in [4.69, 9.17) is 22.1 Å². The van der Waals surface area contributed by atoms with E-state index in [-0.39, 0.29) is 11.7 Å². The monoisotopic (exact) mass is 227 g/mol. The van der Waals surface area contributed by atoms with Gasteiger partial charge in [-0.2, -0.15) is 0 Å². The van der Waals surface area contributed by atoms with Gasteiger partial charge in [0.15, 0.2) is 5.78 Å². The van der Waals surface area contributed by atoms with Crippen LogP contribution in [0.25, 0.3) is 0 Å². The fraction of sp³-hybridized carbons (Fsp3) is 0.364. The van der Waals surface area contributed by atoms with E-state index in [0.29, 0.717) is 24.5 Å². The van der Waals surface area contributed by atoms with E-state index in [0.717, 1.165) is 5.56 Å². The zero-order chi connectivity index (χ0) is 11.3. The lowest BCUT2D eigenvalue weighted by molar-refractivity contribution is -0.116. The normalized spacial score (nSPS) is 10.0. The van der Waals surface area contributed by atoms with Crippen molar-refractivity contribution in [2.75, 3.05) is 18.2 Å². The number of carbonyl (C=O) groups excluding carboxylic acids is 1. The molecule has 0 unspecified atom stereocenters. The first-order valence-electron chi connectivity index (χ1n) is 4.75. The molecule has 0 saturated carbocycles. The second-order valence-corrected chi connectivity index (χ2v) is 3.46. The first-order valence-corrected chi connectivity index (χ1v) is 5.29. The van der Waals surface area contributed by atoms with Gasteiger partial charge in [-0.3, -0.25) is 4.79 Å². The maximum atomic E-state index is 11.1. The van der Waals surface area contributed by atoms with E-state index in [1.807, 2.05) is 13.0 Å². The molecule has 0 aliphatic heterocycles. The summed E-state index contributed by atoms with van der Waals surface area (Å²) in [6.45, 7) is 2.47. The van der Waals surface area contributed by atoms with Crippen LogP contribution < -0.4 is 10.5 Å². The number of nitrogens with two attached hydrogens (primary N) is 1. The highest BCUT2D eigenvalue weighted by Crippen LogP contribution is 2.19. The summed E-state index contributed by atoms with van der Waals surface area (Å²) in [5, 5.41) is 0. The molecule has 15 heavy (non-hydrogen) atoms. The number of halogens is 1. The van der Waals surface area contributed by atoms with Crippen LogP contribution in [0.15, 0.2) is 18.2 Å². The van der Waals surface area contributed by atoms with Crippen molar-refractivity contribution >= 4 is 23.1 Å². The van der Waals surface area contributed by atoms with E-state index in [1.54, 1.807) is 12.1 Å². The van der Waals surface area contributed by atoms with Crippen LogP contribution in [0.4, 0.5) is 5.69 Å². The Morgan fingerprint density at radius 1 is 1.47 bits per heavy atom. The molecule has 2 N–H and O–H groups in total. The molecule has 0 radical (unpaired) electrons. The van der Waals surface area contributed by atoms with E-state index in [1.165, 1.54) is 0 Å². The predicted octanol–water partition coefficient (Wildman–Crippen LogP) is 2.02. The van der Waals surface area contributed by atoms with Gasteiger partial charge in [-0.1, -0.05) is 0 Å². The van der Waals surface area contributed by atoms with E-state index in [2.05, 4.69) is 0 Å². The number of rotatable bonds is 5. The van der Waals surface area contributed by atoms with Crippen molar-refractivity contribution in [2.45, 2.75) is 13.3 Å². The van der Waals surface area contributed by atoms with Crippen LogP contribution in [0, 0.1) is 0 Å². The van der Waals surface area contributed by atoms with Crippen LogP contribution in [-0.2, 0) is 11.2 Å². The average Bonchev–Trinajstić information content (AvgIpc) is 2.17. The summed E-state index contributed by atoms with van der Waals surface area (Å²) in [6.07, 6.45) is 0.300. The highest BCUT2D eigenvalue weighted by molar-refractivity contribution is 6.27. The molecular weight excluding hydrogens is 214 g/mol. The first-order chi connectivity index (χ1) is 7.15. The van der Waals surface area contributed by atoms with Gasteiger partial charge in [0.2, 0.25) is 0 Å². The van der Waals surface area contributed by atoms with Gasteiger partial charge in [0, 0.05) is 18.2 Å². The second kappa shape index (κ2) is 5.61. The van der Waals surface area contributed by atoms with Gasteiger partial charge in [0.25, 0.3) is 0 Å². The molecule has 0 fully saturated rings. The van der Waals surface area contributed by atoms with E-state index >= 15 is 0 Å². The zero-order valence-corrected chi connectivity index (χ0v) is 9.38. The Morgan fingerprint density at radius 3 is 2.80 bits per heavy atom. The lowest BCUT2D eigenvalue weighted by atomic mass is 10.1. The van der Waals surface area contributed by atoms with E-state index < -0.39 is 0 Å². The third-order valence-corrected chi connectivity index (χ3v) is 2.15. The third kappa shape index (κ3) is 3.80. The van der Waals surface area contributed by atoms with Gasteiger partial charge in [-0.15, -0.1) is 11.6 Å². The van der Waals surface area contributed by atoms with Crippen LogP contribution in [0.1, 0.15) is 12.5 Å². The molecule has 0 aliphatic rings. The molecule has 82 valence electrons. The molecule has 1 aromatic carbocycles. The lowest BCUT2D eigenvalue weighted by Gasteiger charge is -2.07. The molecule has 0 spiro atoms. The molecule has 0 atom stereocenters. The third-order valence-electron chi connectivity index (χ3n) is 1.85. The Morgan fingerprint density at radius 2 is 2.20 bits per heavy atom. The van der Waals surface area contributed by atoms with Crippen molar-refractivity contribution < 1.29 is 9.53 Å². The van der Waals surface area contributed by atoms with Crippen molar-refractivity contribution in [3.05, 3.63) is 23.8 Å². The number of nitrogen functional groups attached to an aromatic ring is 1. The number of Topliss-reactive ketones (excluding diaryl/α,β-unsaturated/α-hetero) is 1. The highest BCUT2D eigenvalue weighted by atomic mass is 35.5. The molecule has 0 bridgehead atoms. The molecule has 0 saturated heterocycles. The lowest BCUT2D eigenvalue weighted by Crippen LogP contribution is -2.05. The number of anilines is 1. The van der Waals surface area contributed by atoms with Crippen LogP contribution in [0.3, 0.4) is 0 Å². The molecule has 1 rings (SSSR count). The number of hydrogen-bond acceptors (Lipinski definition) is 3. The quantitative estimate of drug-likeness (QED) is 0.619. The van der Waals surface area contributed by atoms with Crippen molar-refractivity contribution in [3.8, 4) is 5.75 Å². The van der Waals surface area contributed by atoms with Crippen molar-refractivity contribution in [1.29, 1.82) is 0 Å². The number of carbonyl (C=O) groups is 1. The summed E-state index contributed by atoms with van der Waals surface area (Å²) in [5.41, 5.74) is 7.12. The standard InChI is InChI=1S/C11H14ClNO2/c1-2-15-11-5-8(3-9(13)6-11)4-10(14)7-12/h3,5-6H,2,4,7,13H2,1H3. The molecule has 1 aromatic rings. The molecule has 3 nitrogen and oxygen atoms in total. The largest absolute Gasteiger partial charge is 0.494 e. The van der Waals surface area contributed by atoms with Gasteiger partial charge in [-0.25, -0.2) is 0 Å². The Balaban J connectivity index is 2.83. The van der Waals surface area contributed by atoms with Crippen molar-refractivity contribution in [2.24, 2.45) is 0 Å². The number of benzene rings is 1. The van der Waals surface area contributed by atoms with Crippen LogP contribution in [-0.4, -0.2) is 18.3 Å². The fourth-order valence-electron chi connectivity index (χ4n) is 1.31. The van der Waals surface area contributed by atoms with Crippen LogP contribution in [0.2, 0.25) is 0 Å². The summed E-state index contributed by atoms with van der Waals surface area (Å²) in [6, 6.07) is 5.30. The summed E-state index contributed by atoms with van der Waals surface area (Å²) >= 11 is 5.43. The van der Waals surface area contributed by atoms with Gasteiger partial charge in [0.1, 0.15) is 5.75 Å². The van der Waals surface area contributed by atoms with Crippen LogP contribution >= 0.6 is 11.6 Å².